The fraction of sp³-hybridized carbons (Fsp3) is 0.368. The molecule has 2 aliphatic carbocycles. The molecule has 0 saturated heterocycles. The number of rotatable bonds is 9. The first-order chi connectivity index (χ1) is 24.9. The van der Waals surface area contributed by atoms with Gasteiger partial charge in [-0.1, -0.05) is 50.7 Å². The molecule has 0 amide bonds. The van der Waals surface area contributed by atoms with Crippen molar-refractivity contribution in [2.45, 2.75) is 74.0 Å². The van der Waals surface area contributed by atoms with E-state index in [1.165, 1.54) is 18.9 Å². The Bertz CT molecular complexity index is 2630. The van der Waals surface area contributed by atoms with E-state index in [9.17, 15) is 35.5 Å². The molecule has 11 nitrogen and oxygen atoms in total. The average Bonchev–Trinajstić information content (AvgIpc) is 3.13. The van der Waals surface area contributed by atoms with E-state index in [1.807, 2.05) is 6.07 Å². The standard InChI is InChI=1S/C38H37NO10S3/c40-37-26-15-14-25-28-18-24(51(42,43)44)19-32(52(45,46)47)36(28)50-31-17-16-27(33(26)34(25)31)38(41)39(37)35-29(48-20-22-8-3-1-4-9-22)12-7-13-30(35)49-21-23-10-5-2-6-11-23/h7,12-19,22-23H,1-6,8-11,20-21H2,(H,42,43,44)(H,45,46,47). The second-order valence-corrected chi connectivity index (χ2v) is 17.9. The SMILES string of the molecule is O=c1c2ccc3sc4c(S(=O)(=O)O)cc(S(=O)(=O)O)cc4c4ccc(c(=O)n1-c1c(OCC5CCCCC5)cccc1OCC1CCCCC1)c2c34. The summed E-state index contributed by atoms with van der Waals surface area (Å²) < 4.78 is 83.7. The minimum atomic E-state index is -4.93. The Hall–Kier alpha value is -4.08. The maximum atomic E-state index is 14.6. The zero-order valence-corrected chi connectivity index (χ0v) is 30.6. The Morgan fingerprint density at radius 3 is 1.73 bits per heavy atom. The van der Waals surface area contributed by atoms with Gasteiger partial charge in [-0.3, -0.25) is 18.7 Å². The van der Waals surface area contributed by atoms with Gasteiger partial charge in [-0.2, -0.15) is 16.8 Å². The van der Waals surface area contributed by atoms with Crippen molar-refractivity contribution in [2.75, 3.05) is 13.2 Å². The van der Waals surface area contributed by atoms with E-state index in [0.29, 0.717) is 63.5 Å². The summed E-state index contributed by atoms with van der Waals surface area (Å²) in [4.78, 5) is 27.9. The van der Waals surface area contributed by atoms with Crippen LogP contribution >= 0.6 is 11.3 Å². The van der Waals surface area contributed by atoms with Gasteiger partial charge in [0.25, 0.3) is 31.4 Å². The molecule has 2 fully saturated rings. The third kappa shape index (κ3) is 6.23. The summed E-state index contributed by atoms with van der Waals surface area (Å²) in [6, 6.07) is 13.5. The van der Waals surface area contributed by atoms with Crippen molar-refractivity contribution in [3.05, 3.63) is 75.3 Å². The number of ether oxygens (including phenoxy) is 2. The molecule has 4 aromatic carbocycles. The summed E-state index contributed by atoms with van der Waals surface area (Å²) in [7, 11) is -9.82. The summed E-state index contributed by atoms with van der Waals surface area (Å²) >= 11 is 0.953. The zero-order chi connectivity index (χ0) is 36.4. The molecule has 2 aliphatic rings. The van der Waals surface area contributed by atoms with Crippen LogP contribution in [0.15, 0.2) is 74.0 Å². The lowest BCUT2D eigenvalue weighted by molar-refractivity contribution is 0.199. The van der Waals surface area contributed by atoms with E-state index in [0.717, 1.165) is 73.3 Å². The van der Waals surface area contributed by atoms with Gasteiger partial charge in [0.2, 0.25) is 0 Å². The second kappa shape index (κ2) is 13.4. The van der Waals surface area contributed by atoms with E-state index in [2.05, 4.69) is 0 Å². The Balaban J connectivity index is 1.36. The molecular weight excluding hydrogens is 727 g/mol. The number of benzene rings is 4. The quantitative estimate of drug-likeness (QED) is 0.0846. The average molecular weight is 764 g/mol. The fourth-order valence-electron chi connectivity index (χ4n) is 8.08. The monoisotopic (exact) mass is 763 g/mol. The van der Waals surface area contributed by atoms with Crippen LogP contribution in [0.25, 0.3) is 47.4 Å². The van der Waals surface area contributed by atoms with E-state index in [1.54, 1.807) is 30.3 Å². The lowest BCUT2D eigenvalue weighted by Gasteiger charge is -2.25. The number of pyridine rings is 1. The molecule has 0 aliphatic heterocycles. The van der Waals surface area contributed by atoms with Crippen LogP contribution in [0.5, 0.6) is 11.5 Å². The summed E-state index contributed by atoms with van der Waals surface area (Å²) in [6.07, 6.45) is 11.1. The number of hydrogen-bond donors (Lipinski definition) is 2. The van der Waals surface area contributed by atoms with Crippen LogP contribution in [0.3, 0.4) is 0 Å². The third-order valence-corrected chi connectivity index (χ3v) is 13.7. The molecule has 6 aromatic rings. The van der Waals surface area contributed by atoms with Crippen LogP contribution in [0, 0.1) is 11.8 Å². The van der Waals surface area contributed by atoms with Crippen molar-refractivity contribution < 1.29 is 35.4 Å². The highest BCUT2D eigenvalue weighted by molar-refractivity contribution is 7.87. The molecule has 2 aromatic heterocycles. The second-order valence-electron chi connectivity index (χ2n) is 14.1. The first kappa shape index (κ1) is 35.0. The van der Waals surface area contributed by atoms with Crippen molar-refractivity contribution in [3.8, 4) is 17.2 Å². The van der Waals surface area contributed by atoms with Crippen LogP contribution in [0.4, 0.5) is 0 Å². The highest BCUT2D eigenvalue weighted by atomic mass is 32.2. The Labute approximate surface area is 303 Å². The molecule has 2 N–H and O–H groups in total. The van der Waals surface area contributed by atoms with E-state index in [-0.39, 0.29) is 26.5 Å². The molecule has 0 spiro atoms. The Morgan fingerprint density at radius 1 is 0.654 bits per heavy atom. The summed E-state index contributed by atoms with van der Waals surface area (Å²) in [5.74, 6) is 1.48. The zero-order valence-electron chi connectivity index (χ0n) is 28.2. The van der Waals surface area contributed by atoms with Crippen molar-refractivity contribution >= 4 is 73.3 Å². The van der Waals surface area contributed by atoms with E-state index < -0.39 is 41.1 Å². The van der Waals surface area contributed by atoms with E-state index in [4.69, 9.17) is 9.47 Å². The molecule has 52 heavy (non-hydrogen) atoms. The van der Waals surface area contributed by atoms with Gasteiger partial charge in [-0.15, -0.1) is 11.3 Å². The predicted molar refractivity (Wildman–Crippen MR) is 201 cm³/mol. The maximum absolute atomic E-state index is 14.6. The van der Waals surface area contributed by atoms with Crippen LogP contribution < -0.4 is 20.6 Å². The van der Waals surface area contributed by atoms with Gasteiger partial charge in [-0.25, -0.2) is 4.57 Å². The van der Waals surface area contributed by atoms with Crippen molar-refractivity contribution in [1.82, 2.24) is 4.57 Å². The van der Waals surface area contributed by atoms with Gasteiger partial charge in [0, 0.05) is 31.6 Å². The van der Waals surface area contributed by atoms with Gasteiger partial charge in [0.1, 0.15) is 22.1 Å². The summed E-state index contributed by atoms with van der Waals surface area (Å²) in [5.41, 5.74) is -0.949. The lowest BCUT2D eigenvalue weighted by atomic mass is 9.90. The molecule has 2 saturated carbocycles. The van der Waals surface area contributed by atoms with Gasteiger partial charge >= 0.3 is 0 Å². The van der Waals surface area contributed by atoms with Gasteiger partial charge in [0.05, 0.1) is 22.8 Å². The van der Waals surface area contributed by atoms with Gasteiger partial charge in [-0.05, 0) is 85.4 Å². The molecular formula is C38H37NO10S3. The Kier molecular flexibility index (Phi) is 9.01. The number of fused-ring (bicyclic) bond motifs is 2. The minimum absolute atomic E-state index is 0.0457. The molecule has 272 valence electrons. The highest BCUT2D eigenvalue weighted by Crippen LogP contribution is 2.43. The summed E-state index contributed by atoms with van der Waals surface area (Å²) in [5, 5.41) is 1.63. The van der Waals surface area contributed by atoms with Crippen LogP contribution in [-0.4, -0.2) is 43.7 Å². The van der Waals surface area contributed by atoms with Crippen molar-refractivity contribution in [2.24, 2.45) is 11.8 Å². The first-order valence-electron chi connectivity index (χ1n) is 17.6. The molecule has 0 radical (unpaired) electrons. The third-order valence-electron chi connectivity index (χ3n) is 10.7. The topological polar surface area (TPSA) is 166 Å². The highest BCUT2D eigenvalue weighted by Gasteiger charge is 2.27. The van der Waals surface area contributed by atoms with Crippen molar-refractivity contribution in [1.29, 1.82) is 0 Å². The number of para-hydroxylation sites is 1. The molecule has 0 unspecified atom stereocenters. The van der Waals surface area contributed by atoms with Gasteiger partial charge < -0.3 is 9.47 Å². The van der Waals surface area contributed by atoms with Gasteiger partial charge in [0.15, 0.2) is 0 Å². The van der Waals surface area contributed by atoms with Crippen molar-refractivity contribution in [3.63, 3.8) is 0 Å². The van der Waals surface area contributed by atoms with Crippen LogP contribution in [-0.2, 0) is 20.2 Å². The number of hydrogen-bond acceptors (Lipinski definition) is 9. The maximum Gasteiger partial charge on any atom is 0.295 e. The summed E-state index contributed by atoms with van der Waals surface area (Å²) in [6.45, 7) is 0.893. The number of nitrogens with zero attached hydrogens (tertiary/aromatic N) is 1. The molecule has 0 bridgehead atoms. The van der Waals surface area contributed by atoms with Crippen LogP contribution in [0.2, 0.25) is 0 Å². The fourth-order valence-corrected chi connectivity index (χ4v) is 10.9. The lowest BCUT2D eigenvalue weighted by Crippen LogP contribution is -2.33. The normalized spacial score (nSPS) is 16.7. The minimum Gasteiger partial charge on any atom is -0.491 e. The largest absolute Gasteiger partial charge is 0.491 e. The first-order valence-corrected chi connectivity index (χ1v) is 21.3. The number of aromatic nitrogens is 1. The molecule has 8 rings (SSSR count). The molecule has 14 heteroatoms. The van der Waals surface area contributed by atoms with E-state index >= 15 is 0 Å². The van der Waals surface area contributed by atoms with Crippen LogP contribution in [0.1, 0.15) is 64.2 Å². The smallest absolute Gasteiger partial charge is 0.295 e. The molecule has 0 atom stereocenters. The predicted octanol–water partition coefficient (Wildman–Crippen LogP) is 7.72. The Morgan fingerprint density at radius 2 is 1.19 bits per heavy atom. The molecule has 2 heterocycles.